The van der Waals surface area contributed by atoms with Crippen LogP contribution in [-0.2, 0) is 9.47 Å². The quantitative estimate of drug-likeness (QED) is 0.685. The summed E-state index contributed by atoms with van der Waals surface area (Å²) in [6.45, 7) is 5.04. The third kappa shape index (κ3) is 5.05. The third-order valence-corrected chi connectivity index (χ3v) is 2.13. The number of carbonyl (C=O) groups is 2. The molecule has 0 saturated carbocycles. The van der Waals surface area contributed by atoms with E-state index >= 15 is 0 Å². The Balaban J connectivity index is 2.95. The van der Waals surface area contributed by atoms with Gasteiger partial charge in [-0.3, -0.25) is 5.32 Å². The Morgan fingerprint density at radius 3 is 2.55 bits per heavy atom. The molecule has 0 fully saturated rings. The zero-order valence-corrected chi connectivity index (χ0v) is 12.1. The average Bonchev–Trinajstić information content (AvgIpc) is 2.26. The molecule has 7 heteroatoms. The molecule has 0 aliphatic carbocycles. The predicted molar refractivity (Wildman–Crippen MR) is 72.4 cm³/mol. The van der Waals surface area contributed by atoms with Gasteiger partial charge < -0.3 is 9.47 Å². The van der Waals surface area contributed by atoms with E-state index < -0.39 is 23.5 Å². The highest BCUT2D eigenvalue weighted by molar-refractivity contribution is 6.18. The number of esters is 1. The first-order valence-corrected chi connectivity index (χ1v) is 6.29. The second kappa shape index (κ2) is 6.56. The first-order valence-electron chi connectivity index (χ1n) is 5.75. The number of alkyl halides is 1. The lowest BCUT2D eigenvalue weighted by Crippen LogP contribution is -2.27. The highest BCUT2D eigenvalue weighted by Gasteiger charge is 2.20. The van der Waals surface area contributed by atoms with Crippen LogP contribution in [0.25, 0.3) is 0 Å². The maximum atomic E-state index is 13.2. The fourth-order valence-electron chi connectivity index (χ4n) is 1.34. The Bertz CT molecular complexity index is 514. The van der Waals surface area contributed by atoms with Crippen molar-refractivity contribution in [3.8, 4) is 0 Å². The fraction of sp³-hybridized carbons (Fsp3) is 0.385. The number of hydrogen-bond donors (Lipinski definition) is 1. The molecule has 1 aromatic rings. The van der Waals surface area contributed by atoms with Gasteiger partial charge in [0.2, 0.25) is 0 Å². The van der Waals surface area contributed by atoms with Gasteiger partial charge in [0.1, 0.15) is 11.4 Å². The summed E-state index contributed by atoms with van der Waals surface area (Å²) < 4.78 is 22.8. The van der Waals surface area contributed by atoms with Gasteiger partial charge in [0, 0.05) is 0 Å². The highest BCUT2D eigenvalue weighted by Crippen LogP contribution is 2.20. The number of amides is 1. The number of halogens is 2. The fourth-order valence-corrected chi connectivity index (χ4v) is 1.44. The predicted octanol–water partition coefficient (Wildman–Crippen LogP) is 3.53. The summed E-state index contributed by atoms with van der Waals surface area (Å²) in [5.74, 6) is -1.38. The van der Waals surface area contributed by atoms with E-state index in [4.69, 9.17) is 16.3 Å². The number of anilines is 1. The number of ether oxygens (including phenoxy) is 2. The summed E-state index contributed by atoms with van der Waals surface area (Å²) in [6.07, 6.45) is -0.803. The molecule has 110 valence electrons. The largest absolute Gasteiger partial charge is 0.446 e. The smallest absolute Gasteiger partial charge is 0.412 e. The molecule has 1 N–H and O–H groups in total. The first-order chi connectivity index (χ1) is 9.23. The van der Waals surface area contributed by atoms with E-state index in [0.29, 0.717) is 0 Å². The molecule has 0 aromatic heterocycles. The zero-order chi connectivity index (χ0) is 15.3. The van der Waals surface area contributed by atoms with Crippen molar-refractivity contribution in [2.24, 2.45) is 0 Å². The van der Waals surface area contributed by atoms with Crippen LogP contribution in [0.3, 0.4) is 0 Å². The molecule has 0 radical (unpaired) electrons. The van der Waals surface area contributed by atoms with Gasteiger partial charge in [-0.05, 0) is 39.0 Å². The van der Waals surface area contributed by atoms with Gasteiger partial charge in [-0.15, -0.1) is 0 Å². The van der Waals surface area contributed by atoms with Crippen molar-refractivity contribution in [1.29, 1.82) is 0 Å². The summed E-state index contributed by atoms with van der Waals surface area (Å²) in [6, 6.07) is 2.92. The molecule has 1 amide bonds. The summed E-state index contributed by atoms with van der Waals surface area (Å²) in [4.78, 5) is 23.3. The summed E-state index contributed by atoms with van der Waals surface area (Å²) >= 11 is 5.29. The van der Waals surface area contributed by atoms with Gasteiger partial charge in [-0.1, -0.05) is 11.6 Å². The Hall–Kier alpha value is -1.82. The van der Waals surface area contributed by atoms with Gasteiger partial charge in [0.15, 0.2) is 6.07 Å². The normalized spacial score (nSPS) is 10.8. The molecule has 5 nitrogen and oxygen atoms in total. The van der Waals surface area contributed by atoms with Gasteiger partial charge >= 0.3 is 12.1 Å². The molecule has 20 heavy (non-hydrogen) atoms. The van der Waals surface area contributed by atoms with Crippen LogP contribution in [-0.4, -0.2) is 23.7 Å². The maximum absolute atomic E-state index is 13.2. The Labute approximate surface area is 121 Å². The Morgan fingerprint density at radius 2 is 2.00 bits per heavy atom. The average molecular weight is 304 g/mol. The minimum Gasteiger partial charge on any atom is -0.446 e. The van der Waals surface area contributed by atoms with E-state index in [-0.39, 0.29) is 17.3 Å². The summed E-state index contributed by atoms with van der Waals surface area (Å²) in [5, 5.41) is 2.30. The van der Waals surface area contributed by atoms with Crippen molar-refractivity contribution < 1.29 is 23.5 Å². The SMILES string of the molecule is CC(C)(C)OC(=O)Nc1cc(F)ccc1C(=O)OCCl. The van der Waals surface area contributed by atoms with Crippen molar-refractivity contribution in [2.75, 3.05) is 11.4 Å². The van der Waals surface area contributed by atoms with E-state index in [9.17, 15) is 14.0 Å². The number of benzene rings is 1. The minimum absolute atomic E-state index is 0.0158. The van der Waals surface area contributed by atoms with E-state index in [1.165, 1.54) is 6.07 Å². The summed E-state index contributed by atoms with van der Waals surface area (Å²) in [5.41, 5.74) is -0.777. The van der Waals surface area contributed by atoms with Gasteiger partial charge in [0.05, 0.1) is 11.3 Å². The molecule has 0 spiro atoms. The molecular weight excluding hydrogens is 289 g/mol. The molecule has 0 aliphatic rings. The number of hydrogen-bond acceptors (Lipinski definition) is 4. The van der Waals surface area contributed by atoms with Crippen LogP contribution < -0.4 is 5.32 Å². The van der Waals surface area contributed by atoms with Crippen molar-refractivity contribution in [3.63, 3.8) is 0 Å². The lowest BCUT2D eigenvalue weighted by Gasteiger charge is -2.20. The van der Waals surface area contributed by atoms with Crippen molar-refractivity contribution in [2.45, 2.75) is 26.4 Å². The Kier molecular flexibility index (Phi) is 5.33. The highest BCUT2D eigenvalue weighted by atomic mass is 35.5. The van der Waals surface area contributed by atoms with Crippen LogP contribution in [0.2, 0.25) is 0 Å². The molecule has 0 saturated heterocycles. The van der Waals surface area contributed by atoms with Gasteiger partial charge in [-0.2, -0.15) is 0 Å². The van der Waals surface area contributed by atoms with Crippen molar-refractivity contribution >= 4 is 29.4 Å². The zero-order valence-electron chi connectivity index (χ0n) is 11.3. The van der Waals surface area contributed by atoms with Gasteiger partial charge in [-0.25, -0.2) is 14.0 Å². The standard InChI is InChI=1S/C13H15ClFNO4/c1-13(2,3)20-12(18)16-10-6-8(15)4-5-9(10)11(17)19-7-14/h4-6H,7H2,1-3H3,(H,16,18). The van der Waals surface area contributed by atoms with Crippen LogP contribution >= 0.6 is 11.6 Å². The number of nitrogens with one attached hydrogen (secondary N) is 1. The van der Waals surface area contributed by atoms with E-state index in [1.54, 1.807) is 20.8 Å². The molecule has 0 aliphatic heterocycles. The van der Waals surface area contributed by atoms with Gasteiger partial charge in [0.25, 0.3) is 0 Å². The summed E-state index contributed by atoms with van der Waals surface area (Å²) in [7, 11) is 0. The van der Waals surface area contributed by atoms with Crippen molar-refractivity contribution in [3.05, 3.63) is 29.6 Å². The van der Waals surface area contributed by atoms with Crippen LogP contribution in [0.4, 0.5) is 14.9 Å². The van der Waals surface area contributed by atoms with Crippen LogP contribution in [0.1, 0.15) is 31.1 Å². The maximum Gasteiger partial charge on any atom is 0.412 e. The molecule has 1 rings (SSSR count). The lowest BCUT2D eigenvalue weighted by molar-refractivity contribution is 0.0575. The molecular formula is C13H15ClFNO4. The minimum atomic E-state index is -0.803. The van der Waals surface area contributed by atoms with Crippen molar-refractivity contribution in [1.82, 2.24) is 0 Å². The molecule has 0 unspecified atom stereocenters. The van der Waals surface area contributed by atoms with E-state index in [0.717, 1.165) is 12.1 Å². The molecule has 0 bridgehead atoms. The van der Waals surface area contributed by atoms with Crippen LogP contribution in [0.15, 0.2) is 18.2 Å². The number of rotatable bonds is 3. The second-order valence-electron chi connectivity index (χ2n) is 4.86. The Morgan fingerprint density at radius 1 is 1.35 bits per heavy atom. The lowest BCUT2D eigenvalue weighted by atomic mass is 10.1. The third-order valence-electron chi connectivity index (χ3n) is 2.02. The topological polar surface area (TPSA) is 64.6 Å². The molecule has 1 aromatic carbocycles. The molecule has 0 heterocycles. The van der Waals surface area contributed by atoms with E-state index in [2.05, 4.69) is 10.1 Å². The van der Waals surface area contributed by atoms with Crippen LogP contribution in [0.5, 0.6) is 0 Å². The second-order valence-corrected chi connectivity index (χ2v) is 5.08. The number of carbonyl (C=O) groups excluding carboxylic acids is 2. The van der Waals surface area contributed by atoms with Crippen LogP contribution in [0, 0.1) is 5.82 Å². The monoisotopic (exact) mass is 303 g/mol. The van der Waals surface area contributed by atoms with E-state index in [1.807, 2.05) is 0 Å². The first kappa shape index (κ1) is 16.2. The molecule has 0 atom stereocenters.